The summed E-state index contributed by atoms with van der Waals surface area (Å²) in [7, 11) is -3.26. The number of nitrogens with zero attached hydrogens (tertiary/aromatic N) is 1. The monoisotopic (exact) mass is 275 g/mol. The second kappa shape index (κ2) is 6.32. The van der Waals surface area contributed by atoms with Crippen LogP contribution in [0.2, 0.25) is 0 Å². The second-order valence-electron chi connectivity index (χ2n) is 5.49. The van der Waals surface area contributed by atoms with Crippen LogP contribution in [0.5, 0.6) is 0 Å². The molecule has 2 aliphatic heterocycles. The van der Waals surface area contributed by atoms with Crippen LogP contribution in [-0.4, -0.2) is 44.9 Å². The van der Waals surface area contributed by atoms with Crippen molar-refractivity contribution in [2.24, 2.45) is 5.92 Å². The van der Waals surface area contributed by atoms with E-state index in [0.717, 1.165) is 25.8 Å². The van der Waals surface area contributed by atoms with Crippen molar-refractivity contribution in [1.82, 2.24) is 14.3 Å². The van der Waals surface area contributed by atoms with Gasteiger partial charge in [0.15, 0.2) is 0 Å². The lowest BCUT2D eigenvalue weighted by atomic mass is 9.93. The summed E-state index contributed by atoms with van der Waals surface area (Å²) in [4.78, 5) is 0. The first kappa shape index (κ1) is 14.2. The average molecular weight is 275 g/mol. The minimum Gasteiger partial charge on any atom is -0.312 e. The zero-order chi connectivity index (χ0) is 13.0. The molecule has 2 heterocycles. The highest BCUT2D eigenvalue weighted by Crippen LogP contribution is 2.16. The summed E-state index contributed by atoms with van der Waals surface area (Å²) in [6.07, 6.45) is 5.49. The summed E-state index contributed by atoms with van der Waals surface area (Å²) in [5, 5.41) is 3.40. The summed E-state index contributed by atoms with van der Waals surface area (Å²) in [6, 6.07) is 0.276. The Kier molecular flexibility index (Phi) is 5.00. The molecule has 0 spiro atoms. The molecule has 0 radical (unpaired) electrons. The van der Waals surface area contributed by atoms with Gasteiger partial charge in [-0.15, -0.1) is 0 Å². The minimum absolute atomic E-state index is 0.276. The van der Waals surface area contributed by atoms with E-state index in [9.17, 15) is 8.42 Å². The summed E-state index contributed by atoms with van der Waals surface area (Å²) in [5.41, 5.74) is 0. The van der Waals surface area contributed by atoms with E-state index in [1.54, 1.807) is 4.31 Å². The van der Waals surface area contributed by atoms with Crippen LogP contribution in [0.15, 0.2) is 0 Å². The lowest BCUT2D eigenvalue weighted by Gasteiger charge is -2.32. The molecule has 5 nitrogen and oxygen atoms in total. The number of piperidine rings is 2. The molecule has 2 unspecified atom stereocenters. The number of hydrogen-bond donors (Lipinski definition) is 2. The Balaban J connectivity index is 1.84. The summed E-state index contributed by atoms with van der Waals surface area (Å²) in [6.45, 7) is 5.04. The first-order valence-electron chi connectivity index (χ1n) is 7.08. The Morgan fingerprint density at radius 2 is 1.94 bits per heavy atom. The van der Waals surface area contributed by atoms with Gasteiger partial charge in [0.1, 0.15) is 0 Å². The third-order valence-corrected chi connectivity index (χ3v) is 5.65. The second-order valence-corrected chi connectivity index (χ2v) is 7.25. The fourth-order valence-electron chi connectivity index (χ4n) is 2.78. The smallest absolute Gasteiger partial charge is 0.279 e. The topological polar surface area (TPSA) is 61.4 Å². The predicted molar refractivity (Wildman–Crippen MR) is 72.5 cm³/mol. The van der Waals surface area contributed by atoms with Crippen LogP contribution in [0.1, 0.15) is 39.0 Å². The highest BCUT2D eigenvalue weighted by atomic mass is 32.2. The molecule has 2 N–H and O–H groups in total. The van der Waals surface area contributed by atoms with E-state index in [2.05, 4.69) is 17.0 Å². The summed E-state index contributed by atoms with van der Waals surface area (Å²) in [5.74, 6) is 0.544. The fraction of sp³-hybridized carbons (Fsp3) is 1.00. The first-order chi connectivity index (χ1) is 8.59. The van der Waals surface area contributed by atoms with Gasteiger partial charge in [-0.3, -0.25) is 0 Å². The van der Waals surface area contributed by atoms with Gasteiger partial charge in [-0.2, -0.15) is 12.7 Å². The number of nitrogens with one attached hydrogen (secondary N) is 2. The molecule has 0 aromatic carbocycles. The van der Waals surface area contributed by atoms with Gasteiger partial charge in [-0.1, -0.05) is 13.3 Å². The minimum atomic E-state index is -3.26. The van der Waals surface area contributed by atoms with Gasteiger partial charge in [0, 0.05) is 25.7 Å². The molecule has 2 rings (SSSR count). The molecule has 2 atom stereocenters. The Labute approximate surface area is 110 Å². The van der Waals surface area contributed by atoms with Crippen LogP contribution in [0.4, 0.5) is 0 Å². The van der Waals surface area contributed by atoms with Crippen LogP contribution in [0.25, 0.3) is 0 Å². The Bertz CT molecular complexity index is 352. The quantitative estimate of drug-likeness (QED) is 0.794. The van der Waals surface area contributed by atoms with Gasteiger partial charge in [-0.25, -0.2) is 4.72 Å². The largest absolute Gasteiger partial charge is 0.312 e. The van der Waals surface area contributed by atoms with Gasteiger partial charge in [0.25, 0.3) is 10.2 Å². The Hall–Kier alpha value is -0.170. The van der Waals surface area contributed by atoms with Crippen molar-refractivity contribution in [2.75, 3.05) is 26.2 Å². The van der Waals surface area contributed by atoms with E-state index in [1.165, 1.54) is 12.8 Å². The molecule has 18 heavy (non-hydrogen) atoms. The maximum Gasteiger partial charge on any atom is 0.279 e. The number of rotatable bonds is 4. The standard InChI is InChI=1S/C12H25N3O2S/c1-11-6-5-7-13-12(11)10-14-18(16,17)15-8-3-2-4-9-15/h11-14H,2-10H2,1H3. The lowest BCUT2D eigenvalue weighted by Crippen LogP contribution is -2.51. The van der Waals surface area contributed by atoms with Gasteiger partial charge < -0.3 is 5.32 Å². The molecule has 0 aliphatic carbocycles. The molecule has 2 fully saturated rings. The summed E-state index contributed by atoms with van der Waals surface area (Å²) < 4.78 is 28.6. The maximum atomic E-state index is 12.1. The molecule has 0 aromatic heterocycles. The third-order valence-electron chi connectivity index (χ3n) is 4.07. The molecule has 0 aromatic rings. The van der Waals surface area contributed by atoms with E-state index >= 15 is 0 Å². The zero-order valence-electron chi connectivity index (χ0n) is 11.2. The van der Waals surface area contributed by atoms with Crippen molar-refractivity contribution in [2.45, 2.75) is 45.1 Å². The molecule has 0 bridgehead atoms. The molecule has 2 saturated heterocycles. The average Bonchev–Trinajstić information content (AvgIpc) is 2.39. The summed E-state index contributed by atoms with van der Waals surface area (Å²) >= 11 is 0. The van der Waals surface area contributed by atoms with Crippen LogP contribution < -0.4 is 10.0 Å². The highest BCUT2D eigenvalue weighted by Gasteiger charge is 2.26. The van der Waals surface area contributed by atoms with Gasteiger partial charge in [0.2, 0.25) is 0 Å². The molecule has 6 heteroatoms. The van der Waals surface area contributed by atoms with Crippen LogP contribution in [0.3, 0.4) is 0 Å². The van der Waals surface area contributed by atoms with Crippen molar-refractivity contribution < 1.29 is 8.42 Å². The van der Waals surface area contributed by atoms with Crippen molar-refractivity contribution in [1.29, 1.82) is 0 Å². The van der Waals surface area contributed by atoms with Crippen LogP contribution >= 0.6 is 0 Å². The van der Waals surface area contributed by atoms with Crippen molar-refractivity contribution in [3.63, 3.8) is 0 Å². The maximum absolute atomic E-state index is 12.1. The zero-order valence-corrected chi connectivity index (χ0v) is 12.0. The van der Waals surface area contributed by atoms with E-state index in [1.807, 2.05) is 0 Å². The first-order valence-corrected chi connectivity index (χ1v) is 8.52. The van der Waals surface area contributed by atoms with E-state index in [4.69, 9.17) is 0 Å². The van der Waals surface area contributed by atoms with Crippen LogP contribution in [-0.2, 0) is 10.2 Å². The van der Waals surface area contributed by atoms with E-state index in [0.29, 0.717) is 25.6 Å². The Morgan fingerprint density at radius 3 is 2.61 bits per heavy atom. The third kappa shape index (κ3) is 3.66. The van der Waals surface area contributed by atoms with E-state index < -0.39 is 10.2 Å². The van der Waals surface area contributed by atoms with Crippen molar-refractivity contribution >= 4 is 10.2 Å². The van der Waals surface area contributed by atoms with Gasteiger partial charge >= 0.3 is 0 Å². The van der Waals surface area contributed by atoms with Crippen molar-refractivity contribution in [3.05, 3.63) is 0 Å². The molecular weight excluding hydrogens is 250 g/mol. The Morgan fingerprint density at radius 1 is 1.22 bits per heavy atom. The molecule has 2 aliphatic rings. The molecular formula is C12H25N3O2S. The number of hydrogen-bond acceptors (Lipinski definition) is 3. The highest BCUT2D eigenvalue weighted by molar-refractivity contribution is 7.87. The van der Waals surface area contributed by atoms with Gasteiger partial charge in [-0.05, 0) is 38.1 Å². The SMILES string of the molecule is CC1CCCNC1CNS(=O)(=O)N1CCCCC1. The van der Waals surface area contributed by atoms with Crippen molar-refractivity contribution in [3.8, 4) is 0 Å². The lowest BCUT2D eigenvalue weighted by molar-refractivity contribution is 0.294. The van der Waals surface area contributed by atoms with E-state index in [-0.39, 0.29) is 6.04 Å². The normalized spacial score (nSPS) is 31.4. The van der Waals surface area contributed by atoms with Gasteiger partial charge in [0.05, 0.1) is 0 Å². The van der Waals surface area contributed by atoms with Crippen LogP contribution in [0, 0.1) is 5.92 Å². The molecule has 0 amide bonds. The molecule has 0 saturated carbocycles. The predicted octanol–water partition coefficient (Wildman–Crippen LogP) is 0.695. The fourth-order valence-corrected chi connectivity index (χ4v) is 4.09. The molecule has 106 valence electrons.